The number of unbranched alkanes of at least 4 members (excludes halogenated alkanes) is 2. The monoisotopic (exact) mass is 613 g/mol. The number of nitrogens with zero attached hydrogens (tertiary/aromatic N) is 3. The lowest BCUT2D eigenvalue weighted by Crippen LogP contribution is -2.29. The van der Waals surface area contributed by atoms with Gasteiger partial charge in [0.15, 0.2) is 11.5 Å². The van der Waals surface area contributed by atoms with Gasteiger partial charge in [-0.05, 0) is 73.4 Å². The summed E-state index contributed by atoms with van der Waals surface area (Å²) in [7, 11) is 1.53. The first-order valence-corrected chi connectivity index (χ1v) is 15.3. The number of aliphatic hydroxyl groups excluding tert-OH is 1. The molecule has 1 atom stereocenters. The molecule has 10 heteroatoms. The molecule has 1 aliphatic heterocycles. The molecule has 228 valence electrons. The van der Waals surface area contributed by atoms with Gasteiger partial charge in [0.05, 0.1) is 25.3 Å². The fourth-order valence-corrected chi connectivity index (χ4v) is 5.75. The van der Waals surface area contributed by atoms with Gasteiger partial charge in [-0.15, -0.1) is 10.2 Å². The van der Waals surface area contributed by atoms with Gasteiger partial charge in [-0.2, -0.15) is 0 Å². The van der Waals surface area contributed by atoms with E-state index in [1.165, 1.54) is 23.3 Å². The van der Waals surface area contributed by atoms with Crippen molar-refractivity contribution in [1.29, 1.82) is 0 Å². The van der Waals surface area contributed by atoms with Crippen molar-refractivity contribution >= 4 is 33.9 Å². The first-order valence-electron chi connectivity index (χ1n) is 14.5. The number of anilines is 1. The number of aliphatic hydroxyl groups is 1. The van der Waals surface area contributed by atoms with E-state index in [9.17, 15) is 14.7 Å². The Bertz CT molecular complexity index is 1680. The number of methoxy groups -OCH3 is 1. The number of carbonyl (C=O) groups is 2. The van der Waals surface area contributed by atoms with E-state index in [4.69, 9.17) is 14.2 Å². The van der Waals surface area contributed by atoms with Crippen LogP contribution >= 0.6 is 11.3 Å². The minimum Gasteiger partial charge on any atom is -0.507 e. The van der Waals surface area contributed by atoms with Crippen LogP contribution in [-0.4, -0.2) is 40.7 Å². The van der Waals surface area contributed by atoms with E-state index in [1.54, 1.807) is 49.4 Å². The number of rotatable bonds is 12. The fourth-order valence-electron chi connectivity index (χ4n) is 5.03. The topological polar surface area (TPSA) is 111 Å². The summed E-state index contributed by atoms with van der Waals surface area (Å²) >= 11 is 1.19. The summed E-state index contributed by atoms with van der Waals surface area (Å²) in [4.78, 5) is 28.3. The van der Waals surface area contributed by atoms with Crippen molar-refractivity contribution in [1.82, 2.24) is 10.2 Å². The Morgan fingerprint density at radius 2 is 1.73 bits per heavy atom. The summed E-state index contributed by atoms with van der Waals surface area (Å²) in [6.45, 7) is 6.85. The molecule has 1 aromatic heterocycles. The lowest BCUT2D eigenvalue weighted by molar-refractivity contribution is -0.132. The SMILES string of the molecule is CCCCCOc1ccc(C2/C(=C(\O)c3ccc(OCc4ccccc4C)cc3)C(=O)C(=O)N2c2nnc(C)s2)cc1OC. The third kappa shape index (κ3) is 6.45. The second-order valence-corrected chi connectivity index (χ2v) is 11.6. The molecule has 0 saturated carbocycles. The van der Waals surface area contributed by atoms with E-state index in [2.05, 4.69) is 17.1 Å². The van der Waals surface area contributed by atoms with E-state index in [-0.39, 0.29) is 16.5 Å². The number of ketones is 1. The van der Waals surface area contributed by atoms with Gasteiger partial charge in [-0.25, -0.2) is 0 Å². The Labute approximate surface area is 260 Å². The second-order valence-electron chi connectivity index (χ2n) is 10.5. The van der Waals surface area contributed by atoms with Crippen LogP contribution in [0.5, 0.6) is 17.2 Å². The molecule has 1 saturated heterocycles. The van der Waals surface area contributed by atoms with E-state index in [0.717, 1.165) is 30.4 Å². The molecule has 4 aromatic rings. The van der Waals surface area contributed by atoms with E-state index >= 15 is 0 Å². The molecule has 0 radical (unpaired) electrons. The van der Waals surface area contributed by atoms with Gasteiger partial charge in [0.1, 0.15) is 23.1 Å². The van der Waals surface area contributed by atoms with Crippen LogP contribution in [0.2, 0.25) is 0 Å². The molecule has 0 bridgehead atoms. The first kappa shape index (κ1) is 30.7. The Morgan fingerprint density at radius 3 is 2.41 bits per heavy atom. The maximum atomic E-state index is 13.5. The Balaban J connectivity index is 1.50. The molecule has 2 heterocycles. The van der Waals surface area contributed by atoms with Crippen LogP contribution in [0.4, 0.5) is 5.13 Å². The zero-order valence-corrected chi connectivity index (χ0v) is 26.0. The number of aryl methyl sites for hydroxylation is 2. The summed E-state index contributed by atoms with van der Waals surface area (Å²) in [6.07, 6.45) is 3.04. The fraction of sp³-hybridized carbons (Fsp3) is 0.294. The number of hydrogen-bond acceptors (Lipinski definition) is 9. The average Bonchev–Trinajstić information content (AvgIpc) is 3.58. The van der Waals surface area contributed by atoms with Crippen LogP contribution in [0.25, 0.3) is 5.76 Å². The van der Waals surface area contributed by atoms with E-state index in [1.807, 2.05) is 31.2 Å². The maximum Gasteiger partial charge on any atom is 0.301 e. The summed E-state index contributed by atoms with van der Waals surface area (Å²) in [5.74, 6) is -0.318. The van der Waals surface area contributed by atoms with Crippen molar-refractivity contribution in [2.24, 2.45) is 0 Å². The number of carbonyl (C=O) groups excluding carboxylic acids is 2. The Morgan fingerprint density at radius 1 is 0.955 bits per heavy atom. The molecular formula is C34H35N3O6S. The summed E-state index contributed by atoms with van der Waals surface area (Å²) in [6, 6.07) is 19.0. The quantitative estimate of drug-likeness (QED) is 0.0792. The first-order chi connectivity index (χ1) is 21.3. The van der Waals surface area contributed by atoms with Crippen molar-refractivity contribution < 1.29 is 28.9 Å². The van der Waals surface area contributed by atoms with Gasteiger partial charge in [0.2, 0.25) is 5.13 Å². The van der Waals surface area contributed by atoms with Gasteiger partial charge >= 0.3 is 5.91 Å². The molecule has 1 N–H and O–H groups in total. The van der Waals surface area contributed by atoms with Crippen LogP contribution in [0.15, 0.2) is 72.3 Å². The van der Waals surface area contributed by atoms with Crippen molar-refractivity contribution in [2.75, 3.05) is 18.6 Å². The largest absolute Gasteiger partial charge is 0.507 e. The smallest absolute Gasteiger partial charge is 0.301 e. The predicted octanol–water partition coefficient (Wildman–Crippen LogP) is 6.94. The predicted molar refractivity (Wildman–Crippen MR) is 169 cm³/mol. The molecular weight excluding hydrogens is 578 g/mol. The van der Waals surface area contributed by atoms with Crippen molar-refractivity contribution in [3.05, 3.63) is 99.6 Å². The molecule has 1 aliphatic rings. The molecule has 0 aliphatic carbocycles. The van der Waals surface area contributed by atoms with Crippen LogP contribution < -0.4 is 19.1 Å². The van der Waals surface area contributed by atoms with Crippen molar-refractivity contribution in [2.45, 2.75) is 52.7 Å². The standard InChI is InChI=1S/C34H35N3O6S/c1-5-6-9-18-42-27-17-14-24(19-28(27)41-4)30-29(32(39)33(40)37(30)34-36-35-22(3)44-34)31(38)23-12-15-26(16-13-23)43-20-25-11-8-7-10-21(25)2/h7-8,10-17,19,30,38H,5-6,9,18,20H2,1-4H3/b31-29+. The second kappa shape index (κ2) is 13.7. The van der Waals surface area contributed by atoms with Gasteiger partial charge < -0.3 is 19.3 Å². The zero-order valence-electron chi connectivity index (χ0n) is 25.2. The van der Waals surface area contributed by atoms with Crippen LogP contribution in [-0.2, 0) is 16.2 Å². The minimum atomic E-state index is -0.970. The third-order valence-electron chi connectivity index (χ3n) is 7.46. The number of aromatic nitrogens is 2. The van der Waals surface area contributed by atoms with Crippen LogP contribution in [0, 0.1) is 13.8 Å². The lowest BCUT2D eigenvalue weighted by Gasteiger charge is -2.23. The van der Waals surface area contributed by atoms with E-state index in [0.29, 0.717) is 46.6 Å². The van der Waals surface area contributed by atoms with Crippen molar-refractivity contribution in [3.8, 4) is 17.2 Å². The summed E-state index contributed by atoms with van der Waals surface area (Å²) < 4.78 is 17.5. The van der Waals surface area contributed by atoms with Gasteiger partial charge in [-0.3, -0.25) is 14.5 Å². The molecule has 1 unspecified atom stereocenters. The highest BCUT2D eigenvalue weighted by atomic mass is 32.1. The van der Waals surface area contributed by atoms with E-state index < -0.39 is 17.7 Å². The van der Waals surface area contributed by atoms with Crippen LogP contribution in [0.3, 0.4) is 0 Å². The highest BCUT2D eigenvalue weighted by Gasteiger charge is 2.48. The van der Waals surface area contributed by atoms with Gasteiger partial charge in [-0.1, -0.05) is 61.4 Å². The minimum absolute atomic E-state index is 0.0601. The molecule has 9 nitrogen and oxygen atoms in total. The number of Topliss-reactive ketones (excluding diaryl/α,β-unsaturated/α-hetero) is 1. The zero-order chi connectivity index (χ0) is 31.2. The normalized spacial score (nSPS) is 15.9. The highest BCUT2D eigenvalue weighted by molar-refractivity contribution is 7.15. The third-order valence-corrected chi connectivity index (χ3v) is 8.30. The van der Waals surface area contributed by atoms with Gasteiger partial charge in [0.25, 0.3) is 5.78 Å². The average molecular weight is 614 g/mol. The summed E-state index contributed by atoms with van der Waals surface area (Å²) in [5, 5.41) is 20.6. The molecule has 5 rings (SSSR count). The molecule has 3 aromatic carbocycles. The van der Waals surface area contributed by atoms with Crippen molar-refractivity contribution in [3.63, 3.8) is 0 Å². The Kier molecular flexibility index (Phi) is 9.59. The van der Waals surface area contributed by atoms with Crippen LogP contribution in [0.1, 0.15) is 59.5 Å². The Hall–Kier alpha value is -4.70. The number of ether oxygens (including phenoxy) is 3. The van der Waals surface area contributed by atoms with Gasteiger partial charge in [0, 0.05) is 5.56 Å². The number of benzene rings is 3. The summed E-state index contributed by atoms with van der Waals surface area (Å²) in [5.41, 5.74) is 3.06. The highest BCUT2D eigenvalue weighted by Crippen LogP contribution is 2.45. The maximum absolute atomic E-state index is 13.5. The number of hydrogen-bond donors (Lipinski definition) is 1. The molecule has 1 amide bonds. The molecule has 1 fully saturated rings. The molecule has 0 spiro atoms. The lowest BCUT2D eigenvalue weighted by atomic mass is 9.95. The number of amides is 1. The molecule has 44 heavy (non-hydrogen) atoms.